The van der Waals surface area contributed by atoms with Crippen molar-refractivity contribution >= 4 is 35.3 Å². The Labute approximate surface area is 162 Å². The quantitative estimate of drug-likeness (QED) is 0.479. The van der Waals surface area contributed by atoms with Gasteiger partial charge in [0.05, 0.1) is 0 Å². The summed E-state index contributed by atoms with van der Waals surface area (Å²) in [7, 11) is 0. The van der Waals surface area contributed by atoms with Crippen LogP contribution in [0, 0.1) is 0 Å². The number of hydrogen-bond acceptors (Lipinski definition) is 2. The first-order valence-electron chi connectivity index (χ1n) is 9.30. The Morgan fingerprint density at radius 2 is 1.31 bits per heavy atom. The van der Waals surface area contributed by atoms with Gasteiger partial charge in [0.25, 0.3) is 0 Å². The summed E-state index contributed by atoms with van der Waals surface area (Å²) in [5.74, 6) is 0. The summed E-state index contributed by atoms with van der Waals surface area (Å²) >= 11 is 0.414. The second kappa shape index (κ2) is 8.55. The number of rotatable bonds is 7. The van der Waals surface area contributed by atoms with Crippen molar-refractivity contribution in [3.63, 3.8) is 0 Å². The van der Waals surface area contributed by atoms with Gasteiger partial charge in [0.15, 0.2) is 0 Å². The minimum absolute atomic E-state index is 0.414. The molecule has 0 saturated carbocycles. The van der Waals surface area contributed by atoms with Gasteiger partial charge in [-0.15, -0.1) is 0 Å². The third kappa shape index (κ3) is 4.02. The van der Waals surface area contributed by atoms with Gasteiger partial charge in [-0.25, -0.2) is 0 Å². The molecule has 0 saturated heterocycles. The van der Waals surface area contributed by atoms with E-state index in [4.69, 9.17) is 0 Å². The summed E-state index contributed by atoms with van der Waals surface area (Å²) in [5.41, 5.74) is 4.20. The normalized spacial score (nSPS) is 12.5. The van der Waals surface area contributed by atoms with Gasteiger partial charge >= 0.3 is 156 Å². The molecule has 0 aromatic heterocycles. The summed E-state index contributed by atoms with van der Waals surface area (Å²) in [6, 6.07) is 28.5. The zero-order valence-electron chi connectivity index (χ0n) is 14.9. The number of anilines is 2. The molecule has 0 aliphatic carbocycles. The van der Waals surface area contributed by atoms with Crippen molar-refractivity contribution in [2.24, 2.45) is 0 Å². The molecule has 1 aliphatic rings. The van der Waals surface area contributed by atoms with Crippen LogP contribution in [0.4, 0.5) is 11.4 Å². The number of hydrogen-bond donors (Lipinski definition) is 1. The van der Waals surface area contributed by atoms with Crippen molar-refractivity contribution in [3.05, 3.63) is 84.4 Å². The molecule has 3 aromatic carbocycles. The first kappa shape index (κ1) is 17.4. The predicted octanol–water partition coefficient (Wildman–Crippen LogP) is 3.02. The first-order valence-corrected chi connectivity index (χ1v) is 11.0. The second-order valence-electron chi connectivity index (χ2n) is 6.53. The van der Waals surface area contributed by atoms with Gasteiger partial charge in [-0.05, 0) is 0 Å². The van der Waals surface area contributed by atoms with Gasteiger partial charge in [-0.3, -0.25) is 0 Å². The van der Waals surface area contributed by atoms with Gasteiger partial charge in [-0.2, -0.15) is 0 Å². The van der Waals surface area contributed by atoms with Gasteiger partial charge in [0, 0.05) is 0 Å². The van der Waals surface area contributed by atoms with Crippen LogP contribution in [0.1, 0.15) is 12.0 Å². The number of nitrogens with zero attached hydrogens (tertiary/aromatic N) is 1. The maximum absolute atomic E-state index is 3.60. The molecule has 0 fully saturated rings. The molecule has 26 heavy (non-hydrogen) atoms. The fraction of sp³-hybridized carbons (Fsp3) is 0.217. The van der Waals surface area contributed by atoms with Crippen LogP contribution in [0.3, 0.4) is 0 Å². The molecule has 1 heterocycles. The molecule has 3 aromatic rings. The topological polar surface area (TPSA) is 15.3 Å². The van der Waals surface area contributed by atoms with Crippen LogP contribution in [-0.2, 0) is 6.42 Å². The fourth-order valence-electron chi connectivity index (χ4n) is 3.39. The van der Waals surface area contributed by atoms with Crippen LogP contribution in [0.2, 0.25) is 0 Å². The standard InChI is InChI=1S/C23H24N2Se/c1-2-9-19(10-3-1)15-17-24-16-8-18-25-20-11-4-6-13-22(20)26-23-14-7-5-12-21(23)25/h1-7,9-14,24H,8,15-18H2. The molecule has 1 N–H and O–H groups in total. The van der Waals surface area contributed by atoms with E-state index in [1.165, 1.54) is 25.9 Å². The van der Waals surface area contributed by atoms with Crippen LogP contribution in [0.5, 0.6) is 0 Å². The van der Waals surface area contributed by atoms with Gasteiger partial charge in [0.2, 0.25) is 0 Å². The zero-order chi connectivity index (χ0) is 17.6. The summed E-state index contributed by atoms with van der Waals surface area (Å²) in [6.45, 7) is 3.15. The number of benzene rings is 3. The zero-order valence-corrected chi connectivity index (χ0v) is 16.6. The number of fused-ring (bicyclic) bond motifs is 2. The summed E-state index contributed by atoms with van der Waals surface area (Å²) < 4.78 is 2.99. The van der Waals surface area contributed by atoms with Crippen molar-refractivity contribution in [2.45, 2.75) is 12.8 Å². The second-order valence-corrected chi connectivity index (χ2v) is 8.80. The van der Waals surface area contributed by atoms with Gasteiger partial charge in [0.1, 0.15) is 0 Å². The third-order valence-electron chi connectivity index (χ3n) is 4.70. The Hall–Kier alpha value is -2.06. The Morgan fingerprint density at radius 3 is 2.00 bits per heavy atom. The summed E-state index contributed by atoms with van der Waals surface area (Å²) in [4.78, 5) is 2.51. The first-order chi connectivity index (χ1) is 12.9. The van der Waals surface area contributed by atoms with Crippen molar-refractivity contribution in [2.75, 3.05) is 24.5 Å². The average molecular weight is 407 g/mol. The molecule has 132 valence electrons. The van der Waals surface area contributed by atoms with E-state index < -0.39 is 0 Å². The predicted molar refractivity (Wildman–Crippen MR) is 113 cm³/mol. The van der Waals surface area contributed by atoms with Crippen molar-refractivity contribution in [3.8, 4) is 0 Å². The van der Waals surface area contributed by atoms with E-state index in [2.05, 4.69) is 89.1 Å². The van der Waals surface area contributed by atoms with Crippen LogP contribution in [0.15, 0.2) is 78.9 Å². The van der Waals surface area contributed by atoms with E-state index in [1.54, 1.807) is 0 Å². The van der Waals surface area contributed by atoms with Crippen molar-refractivity contribution in [1.29, 1.82) is 0 Å². The van der Waals surface area contributed by atoms with Crippen LogP contribution < -0.4 is 19.1 Å². The fourth-order valence-corrected chi connectivity index (χ4v) is 5.69. The summed E-state index contributed by atoms with van der Waals surface area (Å²) in [6.07, 6.45) is 2.24. The van der Waals surface area contributed by atoms with Crippen molar-refractivity contribution < 1.29 is 0 Å². The molecule has 0 bridgehead atoms. The van der Waals surface area contributed by atoms with E-state index in [-0.39, 0.29) is 0 Å². The summed E-state index contributed by atoms with van der Waals surface area (Å²) in [5, 5.41) is 3.60. The van der Waals surface area contributed by atoms with Crippen LogP contribution in [0.25, 0.3) is 0 Å². The molecular weight excluding hydrogens is 383 g/mol. The molecule has 1 aliphatic heterocycles. The van der Waals surface area contributed by atoms with Crippen LogP contribution in [-0.4, -0.2) is 34.6 Å². The molecule has 0 unspecified atom stereocenters. The van der Waals surface area contributed by atoms with Gasteiger partial charge in [-0.1, -0.05) is 6.07 Å². The van der Waals surface area contributed by atoms with Crippen LogP contribution >= 0.6 is 0 Å². The van der Waals surface area contributed by atoms with Crippen molar-refractivity contribution in [1.82, 2.24) is 5.32 Å². The number of nitrogens with one attached hydrogen (secondary N) is 1. The molecule has 2 nitrogen and oxygen atoms in total. The van der Waals surface area contributed by atoms with E-state index in [9.17, 15) is 0 Å². The Kier molecular flexibility index (Phi) is 5.71. The Balaban J connectivity index is 1.33. The van der Waals surface area contributed by atoms with E-state index in [1.807, 2.05) is 0 Å². The van der Waals surface area contributed by atoms with Gasteiger partial charge < -0.3 is 0 Å². The molecule has 0 atom stereocenters. The molecule has 0 spiro atoms. The Morgan fingerprint density at radius 1 is 0.692 bits per heavy atom. The molecule has 4 rings (SSSR count). The average Bonchev–Trinajstić information content (AvgIpc) is 2.70. The molecule has 0 amide bonds. The molecular formula is C23H24N2Se. The van der Waals surface area contributed by atoms with E-state index in [0.717, 1.165) is 32.5 Å². The monoisotopic (exact) mass is 408 g/mol. The maximum atomic E-state index is 3.60. The Bertz CT molecular complexity index is 802. The van der Waals surface area contributed by atoms with E-state index in [0.29, 0.717) is 15.0 Å². The number of para-hydroxylation sites is 2. The SMILES string of the molecule is c1ccc(CCNCCCN2c3ccccc3[Se]c3ccccc32)cc1. The van der Waals surface area contributed by atoms with E-state index >= 15 is 0 Å². The molecule has 3 heteroatoms. The third-order valence-corrected chi connectivity index (χ3v) is 7.07. The molecule has 0 radical (unpaired) electrons. The minimum atomic E-state index is 0.414.